The summed E-state index contributed by atoms with van der Waals surface area (Å²) in [7, 11) is 5.71. The summed E-state index contributed by atoms with van der Waals surface area (Å²) in [4.78, 5) is 16.3. The van der Waals surface area contributed by atoms with E-state index >= 15 is 0 Å². The highest BCUT2D eigenvalue weighted by Gasteiger charge is 2.33. The van der Waals surface area contributed by atoms with Crippen molar-refractivity contribution in [1.29, 1.82) is 0 Å². The topological polar surface area (TPSA) is 32.8 Å². The Balaban J connectivity index is 2.54. The van der Waals surface area contributed by atoms with E-state index in [1.165, 1.54) is 20.0 Å². The van der Waals surface area contributed by atoms with E-state index in [0.717, 1.165) is 19.6 Å². The van der Waals surface area contributed by atoms with Gasteiger partial charge in [0.25, 0.3) is 0 Å². The Morgan fingerprint density at radius 1 is 1.47 bits per heavy atom. The number of carbonyl (C=O) groups is 1. The van der Waals surface area contributed by atoms with Crippen molar-refractivity contribution in [2.45, 2.75) is 32.7 Å². The van der Waals surface area contributed by atoms with Gasteiger partial charge in [0.05, 0.1) is 12.5 Å². The third-order valence-electron chi connectivity index (χ3n) is 3.57. The molecule has 1 heterocycles. The Labute approximate surface area is 105 Å². The predicted octanol–water partition coefficient (Wildman–Crippen LogP) is 1.21. The molecule has 0 aromatic carbocycles. The van der Waals surface area contributed by atoms with Crippen LogP contribution in [0.15, 0.2) is 0 Å². The summed E-state index contributed by atoms with van der Waals surface area (Å²) >= 11 is 0. The summed E-state index contributed by atoms with van der Waals surface area (Å²) in [5.74, 6) is -0.121. The van der Waals surface area contributed by atoms with Gasteiger partial charge < -0.3 is 14.5 Å². The Morgan fingerprint density at radius 2 is 2.12 bits per heavy atom. The monoisotopic (exact) mass is 242 g/mol. The van der Waals surface area contributed by atoms with E-state index in [1.807, 2.05) is 13.8 Å². The maximum Gasteiger partial charge on any atom is 0.312 e. The molecule has 17 heavy (non-hydrogen) atoms. The van der Waals surface area contributed by atoms with Crippen molar-refractivity contribution in [3.8, 4) is 0 Å². The molecule has 1 aliphatic heterocycles. The van der Waals surface area contributed by atoms with Crippen molar-refractivity contribution >= 4 is 5.97 Å². The van der Waals surface area contributed by atoms with Gasteiger partial charge in [-0.15, -0.1) is 0 Å². The van der Waals surface area contributed by atoms with Crippen molar-refractivity contribution in [2.75, 3.05) is 40.8 Å². The number of piperidine rings is 1. The van der Waals surface area contributed by atoms with Crippen LogP contribution in [0.4, 0.5) is 0 Å². The second kappa shape index (κ2) is 5.83. The normalized spacial score (nSPS) is 22.8. The number of ether oxygens (including phenoxy) is 1. The first-order valence-electron chi connectivity index (χ1n) is 6.34. The third kappa shape index (κ3) is 3.96. The van der Waals surface area contributed by atoms with E-state index in [0.29, 0.717) is 6.04 Å². The van der Waals surface area contributed by atoms with Crippen LogP contribution in [0.3, 0.4) is 0 Å². The Hall–Kier alpha value is -0.610. The minimum Gasteiger partial charge on any atom is -0.469 e. The first-order valence-corrected chi connectivity index (χ1v) is 6.34. The quantitative estimate of drug-likeness (QED) is 0.694. The molecular formula is C13H26N2O2. The molecule has 4 nitrogen and oxygen atoms in total. The average Bonchev–Trinajstić information content (AvgIpc) is 2.27. The van der Waals surface area contributed by atoms with Crippen LogP contribution in [0.25, 0.3) is 0 Å². The van der Waals surface area contributed by atoms with Crippen LogP contribution in [0, 0.1) is 5.41 Å². The largest absolute Gasteiger partial charge is 0.469 e. The highest BCUT2D eigenvalue weighted by molar-refractivity contribution is 5.76. The molecule has 1 fully saturated rings. The number of likely N-dealkylation sites (N-methyl/N-ethyl adjacent to an activating group) is 1. The number of nitrogens with zero attached hydrogens (tertiary/aromatic N) is 2. The average molecular weight is 242 g/mol. The van der Waals surface area contributed by atoms with Crippen LogP contribution < -0.4 is 0 Å². The van der Waals surface area contributed by atoms with E-state index in [2.05, 4.69) is 23.9 Å². The van der Waals surface area contributed by atoms with Crippen molar-refractivity contribution < 1.29 is 9.53 Å². The molecule has 0 amide bonds. The Morgan fingerprint density at radius 3 is 2.65 bits per heavy atom. The van der Waals surface area contributed by atoms with E-state index < -0.39 is 5.41 Å². The third-order valence-corrected chi connectivity index (χ3v) is 3.57. The highest BCUT2D eigenvalue weighted by atomic mass is 16.5. The first kappa shape index (κ1) is 14.5. The van der Waals surface area contributed by atoms with E-state index in [9.17, 15) is 4.79 Å². The molecule has 4 heteroatoms. The molecule has 0 saturated carbocycles. The second-order valence-corrected chi connectivity index (χ2v) is 5.87. The van der Waals surface area contributed by atoms with Crippen molar-refractivity contribution in [1.82, 2.24) is 9.80 Å². The van der Waals surface area contributed by atoms with Crippen LogP contribution in [-0.2, 0) is 9.53 Å². The van der Waals surface area contributed by atoms with Crippen LogP contribution in [0.2, 0.25) is 0 Å². The van der Waals surface area contributed by atoms with E-state index in [4.69, 9.17) is 4.74 Å². The van der Waals surface area contributed by atoms with Gasteiger partial charge in [0, 0.05) is 19.1 Å². The summed E-state index contributed by atoms with van der Waals surface area (Å²) < 4.78 is 4.85. The molecule has 1 aliphatic rings. The molecule has 0 bridgehead atoms. The maximum absolute atomic E-state index is 11.7. The van der Waals surface area contributed by atoms with Gasteiger partial charge in [-0.05, 0) is 47.3 Å². The van der Waals surface area contributed by atoms with Gasteiger partial charge >= 0.3 is 5.97 Å². The summed E-state index contributed by atoms with van der Waals surface area (Å²) in [6.45, 7) is 6.83. The minimum atomic E-state index is -0.414. The Bertz CT molecular complexity index is 264. The molecule has 0 aliphatic carbocycles. The standard InChI is InChI=1S/C13H26N2O2/c1-13(2,12(16)17-5)10-15-8-6-7-11(9-15)14(3)4/h11H,6-10H2,1-5H3. The number of methoxy groups -OCH3 is 1. The van der Waals surface area contributed by atoms with Crippen LogP contribution in [0.1, 0.15) is 26.7 Å². The van der Waals surface area contributed by atoms with Gasteiger partial charge in [-0.3, -0.25) is 4.79 Å². The van der Waals surface area contributed by atoms with Crippen LogP contribution >= 0.6 is 0 Å². The zero-order valence-electron chi connectivity index (χ0n) is 11.8. The van der Waals surface area contributed by atoms with E-state index in [1.54, 1.807) is 0 Å². The smallest absolute Gasteiger partial charge is 0.312 e. The summed E-state index contributed by atoms with van der Waals surface area (Å²) in [6, 6.07) is 0.609. The van der Waals surface area contributed by atoms with E-state index in [-0.39, 0.29) is 5.97 Å². The molecular weight excluding hydrogens is 216 g/mol. The zero-order chi connectivity index (χ0) is 13.1. The molecule has 0 N–H and O–H groups in total. The van der Waals surface area contributed by atoms with Crippen LogP contribution in [0.5, 0.6) is 0 Å². The van der Waals surface area contributed by atoms with Crippen molar-refractivity contribution in [2.24, 2.45) is 5.41 Å². The second-order valence-electron chi connectivity index (χ2n) is 5.87. The first-order chi connectivity index (χ1) is 7.86. The summed E-state index contributed by atoms with van der Waals surface area (Å²) in [5, 5.41) is 0. The number of carbonyl (C=O) groups excluding carboxylic acids is 1. The molecule has 0 spiro atoms. The number of hydrogen-bond acceptors (Lipinski definition) is 4. The zero-order valence-corrected chi connectivity index (χ0v) is 11.8. The molecule has 0 radical (unpaired) electrons. The fourth-order valence-electron chi connectivity index (χ4n) is 2.50. The lowest BCUT2D eigenvalue weighted by molar-refractivity contribution is -0.152. The van der Waals surface area contributed by atoms with Gasteiger partial charge in [-0.25, -0.2) is 0 Å². The highest BCUT2D eigenvalue weighted by Crippen LogP contribution is 2.22. The van der Waals surface area contributed by atoms with Crippen LogP contribution in [-0.4, -0.2) is 62.7 Å². The lowest BCUT2D eigenvalue weighted by atomic mass is 9.91. The van der Waals surface area contributed by atoms with Gasteiger partial charge in [0.1, 0.15) is 0 Å². The molecule has 0 aromatic rings. The van der Waals surface area contributed by atoms with Gasteiger partial charge in [-0.2, -0.15) is 0 Å². The number of rotatable bonds is 4. The number of likely N-dealkylation sites (tertiary alicyclic amines) is 1. The summed E-state index contributed by atoms with van der Waals surface area (Å²) in [6.07, 6.45) is 2.46. The minimum absolute atomic E-state index is 0.121. The lowest BCUT2D eigenvalue weighted by Crippen LogP contribution is -2.49. The fraction of sp³-hybridized carbons (Fsp3) is 0.923. The predicted molar refractivity (Wildman–Crippen MR) is 68.9 cm³/mol. The summed E-state index contributed by atoms with van der Waals surface area (Å²) in [5.41, 5.74) is -0.414. The van der Waals surface area contributed by atoms with Crippen molar-refractivity contribution in [3.05, 3.63) is 0 Å². The lowest BCUT2D eigenvalue weighted by Gasteiger charge is -2.39. The molecule has 100 valence electrons. The molecule has 0 aromatic heterocycles. The number of hydrogen-bond donors (Lipinski definition) is 0. The number of esters is 1. The van der Waals surface area contributed by atoms with Gasteiger partial charge in [0.15, 0.2) is 0 Å². The molecule has 1 atom stereocenters. The molecule has 1 unspecified atom stereocenters. The molecule has 1 rings (SSSR count). The SMILES string of the molecule is COC(=O)C(C)(C)CN1CCCC(N(C)C)C1. The molecule has 1 saturated heterocycles. The van der Waals surface area contributed by atoms with Gasteiger partial charge in [-0.1, -0.05) is 0 Å². The van der Waals surface area contributed by atoms with Gasteiger partial charge in [0.2, 0.25) is 0 Å². The Kier molecular flexibility index (Phi) is 4.95. The fourth-order valence-corrected chi connectivity index (χ4v) is 2.50. The van der Waals surface area contributed by atoms with Crippen molar-refractivity contribution in [3.63, 3.8) is 0 Å². The maximum atomic E-state index is 11.7.